The molecule has 2 aliphatic rings. The zero-order valence-electron chi connectivity index (χ0n) is 20.7. The lowest BCUT2D eigenvalue weighted by atomic mass is 10.00. The first-order valence-corrected chi connectivity index (χ1v) is 13.0. The van der Waals surface area contributed by atoms with E-state index in [4.69, 9.17) is 15.7 Å². The second kappa shape index (κ2) is 10.7. The van der Waals surface area contributed by atoms with Crippen molar-refractivity contribution in [1.29, 1.82) is 5.26 Å². The first-order valence-electron chi connectivity index (χ1n) is 12.1. The molecule has 15 heteroatoms. The molecule has 6 rings (SSSR count). The molecule has 4 N–H and O–H groups in total. The maximum Gasteiger partial charge on any atom is 0.422 e. The zero-order chi connectivity index (χ0) is 28.6. The highest BCUT2D eigenvalue weighted by molar-refractivity contribution is 7.22. The number of carboxylic acid groups (broad SMARTS) is 1. The predicted octanol–water partition coefficient (Wildman–Crippen LogP) is 3.58. The first-order chi connectivity index (χ1) is 19.0. The smallest absolute Gasteiger partial charge is 0.422 e. The number of nitrogens with two attached hydrogens (primary N) is 1. The van der Waals surface area contributed by atoms with Crippen LogP contribution in [0.1, 0.15) is 23.2 Å². The highest BCUT2D eigenvalue weighted by Crippen LogP contribution is 2.38. The predicted molar refractivity (Wildman–Crippen MR) is 137 cm³/mol. The van der Waals surface area contributed by atoms with Gasteiger partial charge in [0.15, 0.2) is 12.3 Å². The van der Waals surface area contributed by atoms with Gasteiger partial charge in [0.2, 0.25) is 5.91 Å². The minimum absolute atomic E-state index is 0.0206. The number of H-pyrrole nitrogens is 1. The normalized spacial score (nSPS) is 16.1. The van der Waals surface area contributed by atoms with E-state index in [1.54, 1.807) is 11.0 Å². The van der Waals surface area contributed by atoms with Crippen LogP contribution in [-0.4, -0.2) is 73.7 Å². The molecule has 5 heterocycles. The number of hydrogen-bond acceptors (Lipinski definition) is 9. The van der Waals surface area contributed by atoms with Crippen molar-refractivity contribution in [2.24, 2.45) is 17.6 Å². The number of carbonyl (C=O) groups excluding carboxylic acids is 1. The monoisotopic (exact) mass is 573 g/mol. The molecule has 2 fully saturated rings. The molecule has 1 saturated heterocycles. The Labute approximate surface area is 228 Å². The Hall–Kier alpha value is -4.29. The number of alkyl halides is 3. The van der Waals surface area contributed by atoms with Crippen LogP contribution in [0.3, 0.4) is 0 Å². The summed E-state index contributed by atoms with van der Waals surface area (Å²) in [6.45, 7) is -0.248. The Balaban J connectivity index is 0.000000207. The van der Waals surface area contributed by atoms with Gasteiger partial charge in [-0.3, -0.25) is 9.78 Å². The number of aromatic amines is 1. The van der Waals surface area contributed by atoms with E-state index >= 15 is 0 Å². The van der Waals surface area contributed by atoms with E-state index < -0.39 is 18.8 Å². The summed E-state index contributed by atoms with van der Waals surface area (Å²) in [5.74, 6) is -0.595. The number of amides is 1. The van der Waals surface area contributed by atoms with Crippen molar-refractivity contribution in [3.63, 3.8) is 0 Å². The van der Waals surface area contributed by atoms with E-state index in [2.05, 4.69) is 26.0 Å². The van der Waals surface area contributed by atoms with Crippen LogP contribution in [0.5, 0.6) is 5.75 Å². The van der Waals surface area contributed by atoms with Crippen LogP contribution >= 0.6 is 11.3 Å². The number of rotatable bonds is 6. The van der Waals surface area contributed by atoms with Crippen molar-refractivity contribution in [3.05, 3.63) is 36.3 Å². The van der Waals surface area contributed by atoms with Crippen LogP contribution in [0.25, 0.3) is 32.0 Å². The summed E-state index contributed by atoms with van der Waals surface area (Å²) in [5, 5.41) is 17.7. The SMILES string of the molecule is N#CC1CN(C(=O)[C@H](N)C2CC2)C1.O=C(O)c1c[nH]c2ncc(-c3cc4nccc(OCC(F)(F)F)c4s3)nc12. The number of halogens is 3. The van der Waals surface area contributed by atoms with Gasteiger partial charge in [0.05, 0.1) is 45.0 Å². The van der Waals surface area contributed by atoms with Crippen LogP contribution in [0.15, 0.2) is 30.7 Å². The number of fused-ring (bicyclic) bond motifs is 2. The maximum absolute atomic E-state index is 12.4. The van der Waals surface area contributed by atoms with E-state index in [-0.39, 0.29) is 34.7 Å². The molecule has 0 bridgehead atoms. The highest BCUT2D eigenvalue weighted by atomic mass is 32.1. The van der Waals surface area contributed by atoms with E-state index in [9.17, 15) is 27.9 Å². The lowest BCUT2D eigenvalue weighted by Gasteiger charge is -2.36. The summed E-state index contributed by atoms with van der Waals surface area (Å²) >= 11 is 1.14. The van der Waals surface area contributed by atoms with Gasteiger partial charge in [-0.25, -0.2) is 14.8 Å². The minimum atomic E-state index is -4.45. The average Bonchev–Trinajstić information content (AvgIpc) is 3.49. The van der Waals surface area contributed by atoms with Crippen LogP contribution in [0.4, 0.5) is 13.2 Å². The number of ether oxygens (including phenoxy) is 1. The van der Waals surface area contributed by atoms with E-state index in [1.165, 1.54) is 24.7 Å². The summed E-state index contributed by atoms with van der Waals surface area (Å²) in [5.41, 5.74) is 7.07. The molecule has 1 aliphatic heterocycles. The van der Waals surface area contributed by atoms with Crippen molar-refractivity contribution in [1.82, 2.24) is 24.8 Å². The molecule has 0 radical (unpaired) electrons. The number of hydrogen-bond donors (Lipinski definition) is 3. The van der Waals surface area contributed by atoms with Gasteiger partial charge in [-0.1, -0.05) is 0 Å². The minimum Gasteiger partial charge on any atom is -0.483 e. The second-order valence-corrected chi connectivity index (χ2v) is 10.5. The molecule has 11 nitrogen and oxygen atoms in total. The summed E-state index contributed by atoms with van der Waals surface area (Å²) in [6.07, 6.45) is 1.82. The Morgan fingerprint density at radius 1 is 1.32 bits per heavy atom. The third-order valence-corrected chi connectivity index (χ3v) is 7.58. The maximum atomic E-state index is 12.4. The summed E-state index contributed by atoms with van der Waals surface area (Å²) in [7, 11) is 0. The molecular weight excluding hydrogens is 551 g/mol. The largest absolute Gasteiger partial charge is 0.483 e. The van der Waals surface area contributed by atoms with Gasteiger partial charge in [0, 0.05) is 25.5 Å². The summed E-state index contributed by atoms with van der Waals surface area (Å²) in [6, 6.07) is 4.83. The molecule has 0 unspecified atom stereocenters. The van der Waals surface area contributed by atoms with Crippen molar-refractivity contribution >= 4 is 44.6 Å². The van der Waals surface area contributed by atoms with Crippen LogP contribution < -0.4 is 10.5 Å². The number of nitrogens with one attached hydrogen (secondary N) is 1. The van der Waals surface area contributed by atoms with Crippen molar-refractivity contribution < 1.29 is 32.6 Å². The number of carbonyl (C=O) groups is 2. The van der Waals surface area contributed by atoms with Crippen molar-refractivity contribution in [2.75, 3.05) is 19.7 Å². The quantitative estimate of drug-likeness (QED) is 0.312. The molecule has 0 spiro atoms. The fraction of sp³-hybridized carbons (Fsp3) is 0.360. The Morgan fingerprint density at radius 3 is 2.73 bits per heavy atom. The number of thiophene rings is 1. The summed E-state index contributed by atoms with van der Waals surface area (Å²) < 4.78 is 42.6. The van der Waals surface area contributed by atoms with E-state index in [0.29, 0.717) is 45.4 Å². The molecule has 0 aromatic carbocycles. The highest BCUT2D eigenvalue weighted by Gasteiger charge is 2.39. The van der Waals surface area contributed by atoms with Gasteiger partial charge >= 0.3 is 12.1 Å². The molecular formula is C25H22F3N7O4S. The van der Waals surface area contributed by atoms with Gasteiger partial charge in [0.25, 0.3) is 0 Å². The number of pyridine rings is 1. The number of nitrogens with zero attached hydrogens (tertiary/aromatic N) is 5. The van der Waals surface area contributed by atoms with Crippen LogP contribution in [0, 0.1) is 23.2 Å². The standard InChI is InChI=1S/C16H9F3N4O3S.C9H13N3O/c17-16(18,19)6-26-10-1-2-20-8-3-11(27-13(8)10)9-5-22-14-12(23-9)7(4-21-14)15(24)25;10-3-6-4-12(5-6)9(13)8(11)7-1-2-7/h1-5H,6H2,(H,21,22)(H,24,25);6-8H,1-2,4-5,11H2/t;8-/m.1/s1. The molecule has 4 aromatic rings. The van der Waals surface area contributed by atoms with E-state index in [1.807, 2.05) is 0 Å². The zero-order valence-corrected chi connectivity index (χ0v) is 21.5. The van der Waals surface area contributed by atoms with Gasteiger partial charge in [-0.15, -0.1) is 11.3 Å². The fourth-order valence-electron chi connectivity index (χ4n) is 4.10. The Kier molecular flexibility index (Phi) is 7.30. The molecule has 40 heavy (non-hydrogen) atoms. The molecule has 1 aliphatic carbocycles. The third-order valence-electron chi connectivity index (χ3n) is 6.42. The van der Waals surface area contributed by atoms with Gasteiger partial charge < -0.3 is 25.5 Å². The first kappa shape index (κ1) is 27.3. The molecule has 1 amide bonds. The number of aromatic nitrogens is 4. The summed E-state index contributed by atoms with van der Waals surface area (Å²) in [4.78, 5) is 40.4. The number of carboxylic acids is 1. The third kappa shape index (κ3) is 5.82. The molecule has 1 atom stereocenters. The number of nitriles is 1. The molecule has 208 valence electrons. The van der Waals surface area contributed by atoms with Crippen molar-refractivity contribution in [3.8, 4) is 22.4 Å². The van der Waals surface area contributed by atoms with Crippen molar-refractivity contribution in [2.45, 2.75) is 25.1 Å². The van der Waals surface area contributed by atoms with E-state index in [0.717, 1.165) is 24.2 Å². The number of aromatic carboxylic acids is 1. The van der Waals surface area contributed by atoms with Crippen LogP contribution in [0.2, 0.25) is 0 Å². The van der Waals surface area contributed by atoms with Crippen LogP contribution in [-0.2, 0) is 4.79 Å². The van der Waals surface area contributed by atoms with Gasteiger partial charge in [-0.05, 0) is 30.9 Å². The number of likely N-dealkylation sites (tertiary alicyclic amines) is 1. The van der Waals surface area contributed by atoms with Gasteiger partial charge in [0.1, 0.15) is 16.8 Å². The lowest BCUT2D eigenvalue weighted by Crippen LogP contribution is -2.55. The van der Waals surface area contributed by atoms with Gasteiger partial charge in [-0.2, -0.15) is 18.4 Å². The molecule has 4 aromatic heterocycles. The topological polar surface area (TPSA) is 171 Å². The second-order valence-electron chi connectivity index (χ2n) is 9.43. The average molecular weight is 574 g/mol. The Morgan fingerprint density at radius 2 is 2.08 bits per heavy atom. The Bertz CT molecular complexity index is 1620. The lowest BCUT2D eigenvalue weighted by molar-refractivity contribution is -0.153. The fourth-order valence-corrected chi connectivity index (χ4v) is 5.13. The molecule has 1 saturated carbocycles.